The van der Waals surface area contributed by atoms with Crippen LogP contribution in [0.5, 0.6) is 0 Å². The van der Waals surface area contributed by atoms with Gasteiger partial charge in [-0.1, -0.05) is 0 Å². The molecule has 0 radical (unpaired) electrons. The number of amides is 1. The van der Waals surface area contributed by atoms with Crippen LogP contribution in [0.1, 0.15) is 49.1 Å². The van der Waals surface area contributed by atoms with Crippen molar-refractivity contribution in [3.8, 4) is 0 Å². The molecule has 1 atom stereocenters. The van der Waals surface area contributed by atoms with Gasteiger partial charge in [-0.05, 0) is 64.5 Å². The van der Waals surface area contributed by atoms with Crippen molar-refractivity contribution in [1.29, 1.82) is 0 Å². The molecule has 3 fully saturated rings. The van der Waals surface area contributed by atoms with Crippen LogP contribution < -0.4 is 0 Å². The number of piperidine rings is 1. The highest BCUT2D eigenvalue weighted by Crippen LogP contribution is 2.45. The lowest BCUT2D eigenvalue weighted by Gasteiger charge is -2.39. The smallest absolute Gasteiger partial charge is 0.326 e. The molecule has 148 valence electrons. The van der Waals surface area contributed by atoms with Gasteiger partial charge < -0.3 is 10.0 Å². The number of rotatable bonds is 4. The van der Waals surface area contributed by atoms with Crippen LogP contribution in [-0.4, -0.2) is 62.2 Å². The van der Waals surface area contributed by atoms with E-state index in [0.717, 1.165) is 51.0 Å². The average Bonchev–Trinajstić information content (AvgIpc) is 3.37. The number of carbonyl (C=O) groups is 2. The van der Waals surface area contributed by atoms with Crippen LogP contribution in [0.15, 0.2) is 0 Å². The van der Waals surface area contributed by atoms with E-state index in [-0.39, 0.29) is 17.2 Å². The number of aryl methyl sites for hydroxylation is 2. The van der Waals surface area contributed by atoms with Crippen molar-refractivity contribution in [2.24, 2.45) is 18.4 Å². The van der Waals surface area contributed by atoms with Crippen molar-refractivity contribution >= 4 is 11.9 Å². The fourth-order valence-corrected chi connectivity index (χ4v) is 4.89. The highest BCUT2D eigenvalue weighted by Gasteiger charge is 2.51. The number of aliphatic carboxylic acids is 1. The van der Waals surface area contributed by atoms with E-state index >= 15 is 0 Å². The van der Waals surface area contributed by atoms with Crippen molar-refractivity contribution in [2.45, 2.75) is 58.5 Å². The summed E-state index contributed by atoms with van der Waals surface area (Å²) in [6.07, 6.45) is 4.38. The molecule has 4 rings (SSSR count). The first kappa shape index (κ1) is 18.5. The topological polar surface area (TPSA) is 78.7 Å². The first-order chi connectivity index (χ1) is 12.8. The Bertz CT molecular complexity index is 760. The number of carboxylic acid groups (broad SMARTS) is 1. The van der Waals surface area contributed by atoms with Crippen molar-refractivity contribution in [3.63, 3.8) is 0 Å². The molecule has 2 aliphatic heterocycles. The van der Waals surface area contributed by atoms with E-state index in [0.29, 0.717) is 13.0 Å². The number of aromatic nitrogens is 2. The highest BCUT2D eigenvalue weighted by atomic mass is 16.4. The molecular formula is C20H30N4O3. The van der Waals surface area contributed by atoms with Crippen molar-refractivity contribution < 1.29 is 14.7 Å². The zero-order valence-corrected chi connectivity index (χ0v) is 16.6. The Balaban J connectivity index is 1.42. The van der Waals surface area contributed by atoms with Crippen molar-refractivity contribution in [1.82, 2.24) is 19.6 Å². The fourth-order valence-electron chi connectivity index (χ4n) is 4.89. The molecule has 1 aromatic heterocycles. The van der Waals surface area contributed by atoms with Crippen molar-refractivity contribution in [2.75, 3.05) is 19.6 Å². The monoisotopic (exact) mass is 374 g/mol. The fraction of sp³-hybridized carbons (Fsp3) is 0.750. The van der Waals surface area contributed by atoms with E-state index in [1.807, 2.05) is 11.7 Å². The largest absolute Gasteiger partial charge is 0.480 e. The number of carbonyl (C=O) groups excluding carboxylic acids is 1. The standard InChI is InChI=1S/C20H30N4O3/c1-13-16(14(2)22(3)21-13)11-23-8-6-20(7-9-23)10-17(19(26)27)24(12-20)18(25)15-4-5-15/h15,17H,4-12H2,1-3H3,(H,26,27)/t17-/m1/s1. The molecule has 1 amide bonds. The van der Waals surface area contributed by atoms with Gasteiger partial charge in [-0.2, -0.15) is 5.10 Å². The summed E-state index contributed by atoms with van der Waals surface area (Å²) in [6.45, 7) is 7.59. The second kappa shape index (κ2) is 6.62. The van der Waals surface area contributed by atoms with Gasteiger partial charge in [-0.25, -0.2) is 4.79 Å². The van der Waals surface area contributed by atoms with Gasteiger partial charge in [-0.3, -0.25) is 14.4 Å². The molecule has 7 nitrogen and oxygen atoms in total. The van der Waals surface area contributed by atoms with Gasteiger partial charge in [0.2, 0.25) is 5.91 Å². The van der Waals surface area contributed by atoms with E-state index in [1.54, 1.807) is 4.90 Å². The van der Waals surface area contributed by atoms with Crippen LogP contribution >= 0.6 is 0 Å². The Labute approximate surface area is 160 Å². The third-order valence-corrected chi connectivity index (χ3v) is 6.96. The molecule has 1 spiro atoms. The molecule has 1 aliphatic carbocycles. The molecule has 2 saturated heterocycles. The Kier molecular flexibility index (Phi) is 4.53. The third kappa shape index (κ3) is 3.37. The van der Waals surface area contributed by atoms with Crippen LogP contribution in [0.2, 0.25) is 0 Å². The highest BCUT2D eigenvalue weighted by molar-refractivity contribution is 5.87. The molecule has 1 aromatic rings. The van der Waals surface area contributed by atoms with Crippen LogP contribution in [-0.2, 0) is 23.2 Å². The quantitative estimate of drug-likeness (QED) is 0.868. The van der Waals surface area contributed by atoms with E-state index in [9.17, 15) is 14.7 Å². The molecule has 0 bridgehead atoms. The summed E-state index contributed by atoms with van der Waals surface area (Å²) in [5.74, 6) is -0.688. The number of hydrogen-bond donors (Lipinski definition) is 1. The summed E-state index contributed by atoms with van der Waals surface area (Å²) in [4.78, 5) is 28.5. The van der Waals surface area contributed by atoms with Gasteiger partial charge in [0.25, 0.3) is 0 Å². The predicted octanol–water partition coefficient (Wildman–Crippen LogP) is 1.71. The van der Waals surface area contributed by atoms with Gasteiger partial charge in [0.05, 0.1) is 5.69 Å². The molecule has 0 aromatic carbocycles. The van der Waals surface area contributed by atoms with Crippen LogP contribution in [0, 0.1) is 25.2 Å². The molecule has 0 unspecified atom stereocenters. The number of likely N-dealkylation sites (tertiary alicyclic amines) is 2. The molecule has 1 saturated carbocycles. The Hall–Kier alpha value is -1.89. The maximum absolute atomic E-state index is 12.6. The minimum Gasteiger partial charge on any atom is -0.480 e. The van der Waals surface area contributed by atoms with E-state index in [2.05, 4.69) is 23.8 Å². The first-order valence-corrected chi connectivity index (χ1v) is 10.0. The van der Waals surface area contributed by atoms with Gasteiger partial charge in [0, 0.05) is 37.3 Å². The summed E-state index contributed by atoms with van der Waals surface area (Å²) in [5, 5.41) is 14.2. The average molecular weight is 374 g/mol. The van der Waals surface area contributed by atoms with Crippen molar-refractivity contribution in [3.05, 3.63) is 17.0 Å². The molecular weight excluding hydrogens is 344 g/mol. The van der Waals surface area contributed by atoms with Crippen LogP contribution in [0.4, 0.5) is 0 Å². The van der Waals surface area contributed by atoms with Gasteiger partial charge in [0.15, 0.2) is 0 Å². The third-order valence-electron chi connectivity index (χ3n) is 6.96. The van der Waals surface area contributed by atoms with E-state index in [1.165, 1.54) is 11.3 Å². The molecule has 7 heteroatoms. The second-order valence-corrected chi connectivity index (χ2v) is 8.85. The summed E-state index contributed by atoms with van der Waals surface area (Å²) in [5.41, 5.74) is 3.57. The summed E-state index contributed by atoms with van der Waals surface area (Å²) < 4.78 is 1.94. The SMILES string of the molecule is Cc1nn(C)c(C)c1CN1CCC2(CC1)C[C@H](C(=O)O)N(C(=O)C1CC1)C2. The normalized spacial score (nSPS) is 25.3. The number of hydrogen-bond acceptors (Lipinski definition) is 4. The lowest BCUT2D eigenvalue weighted by Crippen LogP contribution is -2.43. The maximum Gasteiger partial charge on any atom is 0.326 e. The summed E-state index contributed by atoms with van der Waals surface area (Å²) in [7, 11) is 1.98. The summed E-state index contributed by atoms with van der Waals surface area (Å²) in [6, 6.07) is -0.632. The van der Waals surface area contributed by atoms with E-state index < -0.39 is 12.0 Å². The van der Waals surface area contributed by atoms with Gasteiger partial charge >= 0.3 is 5.97 Å². The Morgan fingerprint density at radius 2 is 1.89 bits per heavy atom. The molecule has 3 heterocycles. The summed E-state index contributed by atoms with van der Waals surface area (Å²) >= 11 is 0. The lowest BCUT2D eigenvalue weighted by molar-refractivity contribution is -0.148. The van der Waals surface area contributed by atoms with Crippen LogP contribution in [0.25, 0.3) is 0 Å². The molecule has 27 heavy (non-hydrogen) atoms. The maximum atomic E-state index is 12.6. The minimum atomic E-state index is -0.843. The predicted molar refractivity (Wildman–Crippen MR) is 100 cm³/mol. The van der Waals surface area contributed by atoms with Gasteiger partial charge in [0.1, 0.15) is 6.04 Å². The lowest BCUT2D eigenvalue weighted by atomic mass is 9.76. The number of carboxylic acids is 1. The zero-order valence-electron chi connectivity index (χ0n) is 16.6. The molecule has 1 N–H and O–H groups in total. The zero-order chi connectivity index (χ0) is 19.3. The van der Waals surface area contributed by atoms with Gasteiger partial charge in [-0.15, -0.1) is 0 Å². The first-order valence-electron chi connectivity index (χ1n) is 10.0. The van der Waals surface area contributed by atoms with E-state index in [4.69, 9.17) is 0 Å². The Morgan fingerprint density at radius 1 is 1.22 bits per heavy atom. The van der Waals surface area contributed by atoms with Crippen LogP contribution in [0.3, 0.4) is 0 Å². The number of nitrogens with zero attached hydrogens (tertiary/aromatic N) is 4. The minimum absolute atomic E-state index is 0.0247. The Morgan fingerprint density at radius 3 is 2.41 bits per heavy atom. The molecule has 3 aliphatic rings. The second-order valence-electron chi connectivity index (χ2n) is 8.85.